The molecule has 3 nitrogen and oxygen atoms in total. The molecule has 0 amide bonds. The zero-order valence-electron chi connectivity index (χ0n) is 11.8. The van der Waals surface area contributed by atoms with Gasteiger partial charge < -0.3 is 10.0 Å². The molecule has 1 aliphatic rings. The molecule has 3 heteroatoms. The van der Waals surface area contributed by atoms with Gasteiger partial charge in [0.05, 0.1) is 17.7 Å². The fraction of sp³-hybridized carbons (Fsp3) is 0.562. The third-order valence-electron chi connectivity index (χ3n) is 4.14. The second-order valence-corrected chi connectivity index (χ2v) is 5.40. The van der Waals surface area contributed by atoms with E-state index in [2.05, 4.69) is 17.9 Å². The Morgan fingerprint density at radius 1 is 1.42 bits per heavy atom. The molecule has 19 heavy (non-hydrogen) atoms. The fourth-order valence-corrected chi connectivity index (χ4v) is 2.82. The number of hydrogen-bond donors (Lipinski definition) is 1. The van der Waals surface area contributed by atoms with Gasteiger partial charge in [0.25, 0.3) is 0 Å². The van der Waals surface area contributed by atoms with E-state index in [9.17, 15) is 5.11 Å². The third-order valence-corrected chi connectivity index (χ3v) is 4.14. The predicted molar refractivity (Wildman–Crippen MR) is 77.0 cm³/mol. The van der Waals surface area contributed by atoms with Crippen molar-refractivity contribution in [2.75, 3.05) is 18.0 Å². The van der Waals surface area contributed by atoms with Crippen LogP contribution in [0.2, 0.25) is 0 Å². The summed E-state index contributed by atoms with van der Waals surface area (Å²) in [6.07, 6.45) is 3.15. The molecule has 0 radical (unpaired) electrons. The lowest BCUT2D eigenvalue weighted by Crippen LogP contribution is -2.34. The molecule has 1 aromatic carbocycles. The van der Waals surface area contributed by atoms with Gasteiger partial charge in [-0.25, -0.2) is 0 Å². The molecule has 0 aliphatic carbocycles. The summed E-state index contributed by atoms with van der Waals surface area (Å²) in [6.45, 7) is 6.07. The number of benzene rings is 1. The summed E-state index contributed by atoms with van der Waals surface area (Å²) < 4.78 is 0. The normalized spacial score (nSPS) is 18.1. The van der Waals surface area contributed by atoms with Crippen molar-refractivity contribution in [3.05, 3.63) is 29.3 Å². The van der Waals surface area contributed by atoms with Gasteiger partial charge in [0.2, 0.25) is 0 Å². The molecular weight excluding hydrogens is 236 g/mol. The SMILES string of the molecule is CCC1CCN(c2cc(C#N)ccc2[C@@H](C)O)CC1. The number of nitriles is 1. The van der Waals surface area contributed by atoms with Gasteiger partial charge in [0, 0.05) is 24.3 Å². The average Bonchev–Trinajstić information content (AvgIpc) is 2.46. The zero-order valence-corrected chi connectivity index (χ0v) is 11.8. The van der Waals surface area contributed by atoms with Crippen molar-refractivity contribution in [3.63, 3.8) is 0 Å². The molecule has 1 aliphatic heterocycles. The lowest BCUT2D eigenvalue weighted by Gasteiger charge is -2.35. The topological polar surface area (TPSA) is 47.3 Å². The van der Waals surface area contributed by atoms with Gasteiger partial charge >= 0.3 is 0 Å². The zero-order chi connectivity index (χ0) is 13.8. The maximum absolute atomic E-state index is 9.89. The van der Waals surface area contributed by atoms with Crippen LogP contribution in [0.3, 0.4) is 0 Å². The molecular formula is C16H22N2O. The molecule has 1 N–H and O–H groups in total. The van der Waals surface area contributed by atoms with E-state index in [1.807, 2.05) is 12.1 Å². The number of nitrogens with zero attached hydrogens (tertiary/aromatic N) is 2. The average molecular weight is 258 g/mol. The van der Waals surface area contributed by atoms with Crippen LogP contribution in [-0.2, 0) is 0 Å². The van der Waals surface area contributed by atoms with Crippen molar-refractivity contribution in [2.45, 2.75) is 39.2 Å². The van der Waals surface area contributed by atoms with Gasteiger partial charge in [-0.2, -0.15) is 5.26 Å². The van der Waals surface area contributed by atoms with Gasteiger partial charge in [-0.05, 0) is 37.8 Å². The van der Waals surface area contributed by atoms with E-state index in [4.69, 9.17) is 5.26 Å². The van der Waals surface area contributed by atoms with Crippen LogP contribution < -0.4 is 4.90 Å². The number of anilines is 1. The van der Waals surface area contributed by atoms with Gasteiger partial charge in [-0.3, -0.25) is 0 Å². The van der Waals surface area contributed by atoms with Crippen molar-refractivity contribution >= 4 is 5.69 Å². The van der Waals surface area contributed by atoms with Crippen LogP contribution in [0.25, 0.3) is 0 Å². The number of aliphatic hydroxyl groups is 1. The monoisotopic (exact) mass is 258 g/mol. The third kappa shape index (κ3) is 3.08. The first-order valence-corrected chi connectivity index (χ1v) is 7.12. The lowest BCUT2D eigenvalue weighted by molar-refractivity contribution is 0.199. The summed E-state index contributed by atoms with van der Waals surface area (Å²) in [7, 11) is 0. The standard InChI is InChI=1S/C16H22N2O/c1-3-13-6-8-18(9-7-13)16-10-14(11-17)4-5-15(16)12(2)19/h4-5,10,12-13,19H,3,6-9H2,1-2H3/t12-/m1/s1. The smallest absolute Gasteiger partial charge is 0.0992 e. The first-order chi connectivity index (χ1) is 9.15. The van der Waals surface area contributed by atoms with E-state index in [-0.39, 0.29) is 0 Å². The quantitative estimate of drug-likeness (QED) is 0.905. The van der Waals surface area contributed by atoms with Crippen molar-refractivity contribution in [3.8, 4) is 6.07 Å². The van der Waals surface area contributed by atoms with E-state index in [0.29, 0.717) is 5.56 Å². The molecule has 1 heterocycles. The highest BCUT2D eigenvalue weighted by Crippen LogP contribution is 2.31. The Bertz CT molecular complexity index is 468. The molecule has 0 unspecified atom stereocenters. The second-order valence-electron chi connectivity index (χ2n) is 5.40. The van der Waals surface area contributed by atoms with Crippen molar-refractivity contribution in [2.24, 2.45) is 5.92 Å². The molecule has 0 spiro atoms. The van der Waals surface area contributed by atoms with Crippen molar-refractivity contribution in [1.29, 1.82) is 5.26 Å². The molecule has 0 saturated carbocycles. The van der Waals surface area contributed by atoms with E-state index >= 15 is 0 Å². The van der Waals surface area contributed by atoms with E-state index < -0.39 is 6.10 Å². The number of hydrogen-bond acceptors (Lipinski definition) is 3. The number of rotatable bonds is 3. The molecule has 0 bridgehead atoms. The first kappa shape index (κ1) is 13.9. The van der Waals surface area contributed by atoms with Crippen LogP contribution in [0.5, 0.6) is 0 Å². The van der Waals surface area contributed by atoms with Crippen LogP contribution in [0.4, 0.5) is 5.69 Å². The minimum atomic E-state index is -0.494. The van der Waals surface area contributed by atoms with Gasteiger partial charge in [-0.15, -0.1) is 0 Å². The Balaban J connectivity index is 2.25. The minimum Gasteiger partial charge on any atom is -0.389 e. The Morgan fingerprint density at radius 2 is 2.11 bits per heavy atom. The Hall–Kier alpha value is -1.53. The van der Waals surface area contributed by atoms with E-state index in [1.165, 1.54) is 19.3 Å². The van der Waals surface area contributed by atoms with Crippen LogP contribution in [0, 0.1) is 17.2 Å². The van der Waals surface area contributed by atoms with Crippen molar-refractivity contribution < 1.29 is 5.11 Å². The Kier molecular flexibility index (Phi) is 4.44. The largest absolute Gasteiger partial charge is 0.389 e. The minimum absolute atomic E-state index is 0.494. The molecule has 102 valence electrons. The summed E-state index contributed by atoms with van der Waals surface area (Å²) >= 11 is 0. The summed E-state index contributed by atoms with van der Waals surface area (Å²) in [5.41, 5.74) is 2.62. The maximum Gasteiger partial charge on any atom is 0.0992 e. The lowest BCUT2D eigenvalue weighted by atomic mass is 9.93. The predicted octanol–water partition coefficient (Wildman–Crippen LogP) is 3.24. The molecule has 1 aromatic rings. The molecule has 2 rings (SSSR count). The Morgan fingerprint density at radius 3 is 2.63 bits per heavy atom. The first-order valence-electron chi connectivity index (χ1n) is 7.12. The highest BCUT2D eigenvalue weighted by atomic mass is 16.3. The highest BCUT2D eigenvalue weighted by molar-refractivity contribution is 5.58. The van der Waals surface area contributed by atoms with Crippen LogP contribution in [0.1, 0.15) is 50.3 Å². The number of aliphatic hydroxyl groups excluding tert-OH is 1. The second kappa shape index (κ2) is 6.08. The summed E-state index contributed by atoms with van der Waals surface area (Å²) in [5, 5.41) is 18.9. The van der Waals surface area contributed by atoms with E-state index in [1.54, 1.807) is 13.0 Å². The maximum atomic E-state index is 9.89. The number of piperidine rings is 1. The molecule has 1 atom stereocenters. The summed E-state index contributed by atoms with van der Waals surface area (Å²) in [6, 6.07) is 7.76. The van der Waals surface area contributed by atoms with Gasteiger partial charge in [0.1, 0.15) is 0 Å². The highest BCUT2D eigenvalue weighted by Gasteiger charge is 2.21. The fourth-order valence-electron chi connectivity index (χ4n) is 2.82. The summed E-state index contributed by atoms with van der Waals surface area (Å²) in [5.74, 6) is 0.824. The molecule has 1 fully saturated rings. The molecule has 0 aromatic heterocycles. The van der Waals surface area contributed by atoms with E-state index in [0.717, 1.165) is 30.3 Å². The molecule has 1 saturated heterocycles. The van der Waals surface area contributed by atoms with Crippen LogP contribution in [-0.4, -0.2) is 18.2 Å². The van der Waals surface area contributed by atoms with Crippen LogP contribution in [0.15, 0.2) is 18.2 Å². The van der Waals surface area contributed by atoms with Gasteiger partial charge in [-0.1, -0.05) is 19.4 Å². The Labute approximate surface area is 115 Å². The van der Waals surface area contributed by atoms with Crippen LogP contribution >= 0.6 is 0 Å². The van der Waals surface area contributed by atoms with Crippen molar-refractivity contribution in [1.82, 2.24) is 0 Å². The van der Waals surface area contributed by atoms with Gasteiger partial charge in [0.15, 0.2) is 0 Å². The summed E-state index contributed by atoms with van der Waals surface area (Å²) in [4.78, 5) is 2.31.